The third kappa shape index (κ3) is 7.31. The number of benzene rings is 1. The van der Waals surface area contributed by atoms with Crippen molar-refractivity contribution in [2.45, 2.75) is 70.1 Å². The summed E-state index contributed by atoms with van der Waals surface area (Å²) in [5.74, 6) is -0.211. The van der Waals surface area contributed by atoms with E-state index in [0.29, 0.717) is 32.7 Å². The van der Waals surface area contributed by atoms with Gasteiger partial charge in [0.1, 0.15) is 5.75 Å². The van der Waals surface area contributed by atoms with Crippen molar-refractivity contribution in [3.8, 4) is 5.75 Å². The van der Waals surface area contributed by atoms with Crippen LogP contribution in [0.15, 0.2) is 18.2 Å². The van der Waals surface area contributed by atoms with Crippen molar-refractivity contribution in [2.24, 2.45) is 5.92 Å². The Kier molecular flexibility index (Phi) is 9.58. The Labute approximate surface area is 198 Å². The molecule has 0 radical (unpaired) electrons. The van der Waals surface area contributed by atoms with Crippen molar-refractivity contribution < 1.29 is 37.3 Å². The molecule has 4 rings (SSSR count). The van der Waals surface area contributed by atoms with Crippen LogP contribution in [0.4, 0.5) is 13.2 Å². The molecule has 1 aromatic carbocycles. The minimum Gasteiger partial charge on any atom is -0.406 e. The van der Waals surface area contributed by atoms with Crippen molar-refractivity contribution in [1.29, 1.82) is 0 Å². The number of halogens is 3. The largest absolute Gasteiger partial charge is 0.573 e. The number of ether oxygens (including phenoxy) is 3. The van der Waals surface area contributed by atoms with Gasteiger partial charge in [-0.2, -0.15) is 0 Å². The number of carbonyl (C=O) groups is 1. The zero-order valence-electron chi connectivity index (χ0n) is 19.8. The Morgan fingerprint density at radius 1 is 1.26 bits per heavy atom. The van der Waals surface area contributed by atoms with E-state index in [1.807, 2.05) is 0 Å². The number of carbonyl (C=O) groups excluding carboxylic acids is 1. The lowest BCUT2D eigenvalue weighted by Gasteiger charge is -2.33. The number of nitrogens with zero attached hydrogens (tertiary/aromatic N) is 1. The molecule has 3 unspecified atom stereocenters. The Hall–Kier alpha value is -1.88. The van der Waals surface area contributed by atoms with Gasteiger partial charge >= 0.3 is 6.36 Å². The van der Waals surface area contributed by atoms with Crippen LogP contribution in [0.2, 0.25) is 0 Å². The summed E-state index contributed by atoms with van der Waals surface area (Å²) in [5, 5.41) is 11.2. The Morgan fingerprint density at radius 3 is 2.74 bits per heavy atom. The summed E-state index contributed by atoms with van der Waals surface area (Å²) in [4.78, 5) is 14.9. The van der Waals surface area contributed by atoms with Crippen LogP contribution < -0.4 is 10.1 Å². The minimum absolute atomic E-state index is 0.0233. The normalized spacial score (nSPS) is 26.9. The van der Waals surface area contributed by atoms with E-state index in [0.717, 1.165) is 36.8 Å². The van der Waals surface area contributed by atoms with Crippen LogP contribution >= 0.6 is 0 Å². The lowest BCUT2D eigenvalue weighted by molar-refractivity contribution is -0.274. The fourth-order valence-electron chi connectivity index (χ4n) is 4.97. The standard InChI is InChI=1S/C22H29F3N2O4.C2H6O/c1-29-20-13-30-9-7-19(20)26-17-4-2-15(10-17)21(28)27-8-6-14-3-5-18(11-16(14)12-27)31-22(23,24)25;1-2-3/h3,5,11,15,17,19-20,26H,2,4,6-10,12-13H2,1H3;3H,2H2,1H3/t15-,17?,19?,20?;/m0./s1. The second kappa shape index (κ2) is 12.2. The Bertz CT molecular complexity index is 807. The van der Waals surface area contributed by atoms with Crippen LogP contribution in [-0.4, -0.2) is 73.9 Å². The minimum atomic E-state index is -4.73. The van der Waals surface area contributed by atoms with E-state index in [2.05, 4.69) is 10.1 Å². The molecule has 10 heteroatoms. The van der Waals surface area contributed by atoms with Gasteiger partial charge in [-0.25, -0.2) is 0 Å². The number of nitrogens with one attached hydrogen (secondary N) is 1. The highest BCUT2D eigenvalue weighted by atomic mass is 19.4. The van der Waals surface area contributed by atoms with Crippen molar-refractivity contribution in [3.05, 3.63) is 29.3 Å². The van der Waals surface area contributed by atoms with Crippen LogP contribution in [-0.2, 0) is 27.2 Å². The lowest BCUT2D eigenvalue weighted by atomic mass is 9.97. The highest BCUT2D eigenvalue weighted by molar-refractivity contribution is 5.79. The zero-order chi connectivity index (χ0) is 24.7. The maximum Gasteiger partial charge on any atom is 0.573 e. The summed E-state index contributed by atoms with van der Waals surface area (Å²) < 4.78 is 52.6. The molecule has 1 saturated carbocycles. The summed E-state index contributed by atoms with van der Waals surface area (Å²) in [7, 11) is 1.69. The van der Waals surface area contributed by atoms with Gasteiger partial charge in [-0.1, -0.05) is 6.07 Å². The lowest BCUT2D eigenvalue weighted by Crippen LogP contribution is -2.50. The van der Waals surface area contributed by atoms with E-state index in [1.165, 1.54) is 12.1 Å². The van der Waals surface area contributed by atoms with E-state index < -0.39 is 6.36 Å². The number of hydrogen-bond donors (Lipinski definition) is 2. The quantitative estimate of drug-likeness (QED) is 0.664. The molecule has 0 bridgehead atoms. The molecule has 7 nitrogen and oxygen atoms in total. The molecule has 2 heterocycles. The molecule has 1 saturated heterocycles. The maximum absolute atomic E-state index is 13.1. The number of fused-ring (bicyclic) bond motifs is 1. The van der Waals surface area contributed by atoms with Crippen LogP contribution in [0, 0.1) is 5.92 Å². The second-order valence-corrected chi connectivity index (χ2v) is 8.92. The summed E-state index contributed by atoms with van der Waals surface area (Å²) in [6.07, 6.45) is -0.659. The SMILES string of the molecule is CCO.COC1COCCC1NC1CC[C@H](C(=O)N2CCc3ccc(OC(F)(F)F)cc3C2)C1. The topological polar surface area (TPSA) is 80.3 Å². The molecule has 0 aromatic heterocycles. The van der Waals surface area contributed by atoms with E-state index in [4.69, 9.17) is 14.6 Å². The Balaban J connectivity index is 0.00000103. The first kappa shape index (κ1) is 26.7. The Morgan fingerprint density at radius 2 is 2.03 bits per heavy atom. The highest BCUT2D eigenvalue weighted by Gasteiger charge is 2.37. The van der Waals surface area contributed by atoms with E-state index in [-0.39, 0.29) is 42.4 Å². The number of amides is 1. The molecule has 2 N–H and O–H groups in total. The van der Waals surface area contributed by atoms with Gasteiger partial charge < -0.3 is 29.5 Å². The van der Waals surface area contributed by atoms with Crippen LogP contribution in [0.1, 0.15) is 43.7 Å². The van der Waals surface area contributed by atoms with E-state index in [9.17, 15) is 18.0 Å². The molecule has 2 fully saturated rings. The summed E-state index contributed by atoms with van der Waals surface area (Å²) in [6, 6.07) is 4.89. The van der Waals surface area contributed by atoms with Gasteiger partial charge in [0.15, 0.2) is 0 Å². The number of aliphatic hydroxyl groups is 1. The molecule has 4 atom stereocenters. The predicted octanol–water partition coefficient (Wildman–Crippen LogP) is 3.03. The molecule has 34 heavy (non-hydrogen) atoms. The van der Waals surface area contributed by atoms with Gasteiger partial charge in [-0.15, -0.1) is 13.2 Å². The fraction of sp³-hybridized carbons (Fsp3) is 0.708. The average molecular weight is 489 g/mol. The first-order valence-corrected chi connectivity index (χ1v) is 11.9. The smallest absolute Gasteiger partial charge is 0.406 e. The number of aliphatic hydroxyl groups excluding tert-OH is 1. The molecule has 1 amide bonds. The first-order chi connectivity index (χ1) is 16.2. The molecule has 1 aliphatic carbocycles. The van der Waals surface area contributed by atoms with E-state index in [1.54, 1.807) is 25.0 Å². The van der Waals surface area contributed by atoms with Gasteiger partial charge in [0.2, 0.25) is 5.91 Å². The summed E-state index contributed by atoms with van der Waals surface area (Å²) >= 11 is 0. The third-order valence-electron chi connectivity index (χ3n) is 6.57. The third-order valence-corrected chi connectivity index (χ3v) is 6.57. The maximum atomic E-state index is 13.1. The van der Waals surface area contributed by atoms with Gasteiger partial charge in [0.05, 0.1) is 12.7 Å². The summed E-state index contributed by atoms with van der Waals surface area (Å²) in [6.45, 7) is 4.13. The highest BCUT2D eigenvalue weighted by Crippen LogP contribution is 2.32. The van der Waals surface area contributed by atoms with Crippen molar-refractivity contribution in [1.82, 2.24) is 10.2 Å². The number of rotatable bonds is 5. The van der Waals surface area contributed by atoms with Crippen molar-refractivity contribution in [3.63, 3.8) is 0 Å². The van der Waals surface area contributed by atoms with Crippen LogP contribution in [0.5, 0.6) is 5.75 Å². The molecular weight excluding hydrogens is 453 g/mol. The molecule has 1 aromatic rings. The molecule has 192 valence electrons. The van der Waals surface area contributed by atoms with Gasteiger partial charge in [0.25, 0.3) is 0 Å². The van der Waals surface area contributed by atoms with Crippen LogP contribution in [0.3, 0.4) is 0 Å². The van der Waals surface area contributed by atoms with Gasteiger partial charge in [-0.3, -0.25) is 4.79 Å². The van der Waals surface area contributed by atoms with Crippen molar-refractivity contribution >= 4 is 5.91 Å². The monoisotopic (exact) mass is 488 g/mol. The number of alkyl halides is 3. The van der Waals surface area contributed by atoms with Crippen molar-refractivity contribution in [2.75, 3.05) is 33.5 Å². The average Bonchev–Trinajstić information content (AvgIpc) is 3.26. The van der Waals surface area contributed by atoms with E-state index >= 15 is 0 Å². The zero-order valence-corrected chi connectivity index (χ0v) is 19.8. The first-order valence-electron chi connectivity index (χ1n) is 11.9. The number of methoxy groups -OCH3 is 1. The molecule has 0 spiro atoms. The molecule has 2 aliphatic heterocycles. The molecule has 3 aliphatic rings. The number of hydrogen-bond acceptors (Lipinski definition) is 6. The predicted molar refractivity (Wildman–Crippen MR) is 119 cm³/mol. The second-order valence-electron chi connectivity index (χ2n) is 8.92. The van der Waals surface area contributed by atoms with Gasteiger partial charge in [0, 0.05) is 51.4 Å². The van der Waals surface area contributed by atoms with Crippen LogP contribution in [0.25, 0.3) is 0 Å². The molecular formula is C24H35F3N2O5. The fourth-order valence-corrected chi connectivity index (χ4v) is 4.97. The summed E-state index contributed by atoms with van der Waals surface area (Å²) in [5.41, 5.74) is 1.69. The van der Waals surface area contributed by atoms with Gasteiger partial charge in [-0.05, 0) is 62.3 Å².